The molecule has 1 aromatic carbocycles. The number of nitrogens with zero attached hydrogens (tertiary/aromatic N) is 1. The van der Waals surface area contributed by atoms with Crippen molar-refractivity contribution in [1.82, 2.24) is 10.2 Å². The quantitative estimate of drug-likeness (QED) is 0.790. The van der Waals surface area contributed by atoms with Crippen LogP contribution in [-0.4, -0.2) is 42.4 Å². The number of hydrogen-bond acceptors (Lipinski definition) is 4. The zero-order chi connectivity index (χ0) is 19.1. The zero-order valence-electron chi connectivity index (χ0n) is 15.8. The first kappa shape index (κ1) is 19.9. The molecule has 1 heterocycles. The summed E-state index contributed by atoms with van der Waals surface area (Å²) in [5.74, 6) is -0.724. The summed E-state index contributed by atoms with van der Waals surface area (Å²) in [5, 5.41) is 2.86. The van der Waals surface area contributed by atoms with Gasteiger partial charge in [-0.2, -0.15) is 0 Å². The van der Waals surface area contributed by atoms with Gasteiger partial charge >= 0.3 is 5.97 Å². The van der Waals surface area contributed by atoms with Crippen molar-refractivity contribution in [1.29, 1.82) is 0 Å². The number of piperidine rings is 1. The molecule has 1 aliphatic heterocycles. The molecular formula is C20H28N2O4. The van der Waals surface area contributed by atoms with E-state index in [9.17, 15) is 14.4 Å². The van der Waals surface area contributed by atoms with Crippen molar-refractivity contribution in [3.63, 3.8) is 0 Å². The molecule has 1 saturated heterocycles. The molecule has 1 aliphatic rings. The average Bonchev–Trinajstić information content (AvgIpc) is 2.61. The van der Waals surface area contributed by atoms with Crippen LogP contribution < -0.4 is 5.32 Å². The van der Waals surface area contributed by atoms with E-state index in [1.165, 1.54) is 6.92 Å². The molecule has 6 nitrogen and oxygen atoms in total. The minimum atomic E-state index is -0.372. The van der Waals surface area contributed by atoms with Gasteiger partial charge in [-0.15, -0.1) is 0 Å². The Bertz CT molecular complexity index is 642. The van der Waals surface area contributed by atoms with E-state index < -0.39 is 0 Å². The standard InChI is InChI=1S/C20H28N2O4/c1-4-26-20(25)17-6-5-11-22(13-17)19(24)12-18(21-15(3)23)16-9-7-14(2)8-10-16/h7-10,17-18H,4-6,11-13H2,1-3H3,(H,21,23). The Labute approximate surface area is 154 Å². The number of aryl methyl sites for hydroxylation is 1. The Hall–Kier alpha value is -2.37. The Morgan fingerprint density at radius 3 is 2.58 bits per heavy atom. The van der Waals surface area contributed by atoms with E-state index >= 15 is 0 Å². The van der Waals surface area contributed by atoms with Gasteiger partial charge in [0.25, 0.3) is 0 Å². The highest BCUT2D eigenvalue weighted by atomic mass is 16.5. The van der Waals surface area contributed by atoms with E-state index in [-0.39, 0.29) is 36.2 Å². The summed E-state index contributed by atoms with van der Waals surface area (Å²) in [6.07, 6.45) is 1.71. The van der Waals surface area contributed by atoms with Crippen molar-refractivity contribution < 1.29 is 19.1 Å². The van der Waals surface area contributed by atoms with Gasteiger partial charge in [0.15, 0.2) is 0 Å². The lowest BCUT2D eigenvalue weighted by molar-refractivity contribution is -0.151. The van der Waals surface area contributed by atoms with Gasteiger partial charge in [0.1, 0.15) is 0 Å². The third-order valence-corrected chi connectivity index (χ3v) is 4.63. The van der Waals surface area contributed by atoms with Crippen LogP contribution in [-0.2, 0) is 19.1 Å². The second-order valence-corrected chi connectivity index (χ2v) is 6.80. The molecule has 0 aromatic heterocycles. The molecule has 142 valence electrons. The summed E-state index contributed by atoms with van der Waals surface area (Å²) in [4.78, 5) is 38.0. The first-order valence-electron chi connectivity index (χ1n) is 9.18. The molecule has 0 spiro atoms. The number of carbonyl (C=O) groups is 3. The first-order valence-corrected chi connectivity index (χ1v) is 9.18. The normalized spacial score (nSPS) is 18.1. The first-order chi connectivity index (χ1) is 12.4. The molecule has 0 radical (unpaired) electrons. The topological polar surface area (TPSA) is 75.7 Å². The SMILES string of the molecule is CCOC(=O)C1CCCN(C(=O)CC(NC(C)=O)c2ccc(C)cc2)C1. The fourth-order valence-corrected chi connectivity index (χ4v) is 3.26. The number of carbonyl (C=O) groups excluding carboxylic acids is 3. The molecule has 2 amide bonds. The highest BCUT2D eigenvalue weighted by Gasteiger charge is 2.30. The lowest BCUT2D eigenvalue weighted by Crippen LogP contribution is -2.44. The maximum atomic E-state index is 12.8. The Morgan fingerprint density at radius 2 is 1.96 bits per heavy atom. The predicted octanol–water partition coefficient (Wildman–Crippen LogP) is 2.36. The van der Waals surface area contributed by atoms with Gasteiger partial charge in [0.05, 0.1) is 25.0 Å². The highest BCUT2D eigenvalue weighted by Crippen LogP contribution is 2.23. The molecule has 2 atom stereocenters. The molecule has 0 saturated carbocycles. The van der Waals surface area contributed by atoms with E-state index in [2.05, 4.69) is 5.32 Å². The second-order valence-electron chi connectivity index (χ2n) is 6.80. The molecule has 1 fully saturated rings. The highest BCUT2D eigenvalue weighted by molar-refractivity contribution is 5.80. The summed E-state index contributed by atoms with van der Waals surface area (Å²) in [5.41, 5.74) is 2.02. The third kappa shape index (κ3) is 5.58. The second kappa shape index (κ2) is 9.36. The third-order valence-electron chi connectivity index (χ3n) is 4.63. The van der Waals surface area contributed by atoms with Gasteiger partial charge in [0.2, 0.25) is 11.8 Å². The number of ether oxygens (including phenoxy) is 1. The van der Waals surface area contributed by atoms with Crippen LogP contribution in [0.5, 0.6) is 0 Å². The number of hydrogen-bond donors (Lipinski definition) is 1. The Morgan fingerprint density at radius 1 is 1.27 bits per heavy atom. The van der Waals surface area contributed by atoms with Gasteiger partial charge < -0.3 is 15.0 Å². The molecule has 2 unspecified atom stereocenters. The van der Waals surface area contributed by atoms with Crippen molar-refractivity contribution in [2.24, 2.45) is 5.92 Å². The minimum Gasteiger partial charge on any atom is -0.466 e. The molecule has 1 aromatic rings. The number of amides is 2. The number of rotatable bonds is 6. The molecular weight excluding hydrogens is 332 g/mol. The van der Waals surface area contributed by atoms with Crippen molar-refractivity contribution in [2.45, 2.75) is 46.1 Å². The molecule has 2 rings (SSSR count). The fourth-order valence-electron chi connectivity index (χ4n) is 3.26. The maximum absolute atomic E-state index is 12.8. The number of esters is 1. The van der Waals surface area contributed by atoms with E-state index in [0.717, 1.165) is 24.0 Å². The molecule has 6 heteroatoms. The summed E-state index contributed by atoms with van der Waals surface area (Å²) in [6, 6.07) is 7.42. The zero-order valence-corrected chi connectivity index (χ0v) is 15.8. The smallest absolute Gasteiger partial charge is 0.310 e. The number of likely N-dealkylation sites (tertiary alicyclic amines) is 1. The molecule has 1 N–H and O–H groups in total. The monoisotopic (exact) mass is 360 g/mol. The maximum Gasteiger partial charge on any atom is 0.310 e. The van der Waals surface area contributed by atoms with Gasteiger partial charge in [-0.3, -0.25) is 14.4 Å². The van der Waals surface area contributed by atoms with Crippen LogP contribution in [0.2, 0.25) is 0 Å². The van der Waals surface area contributed by atoms with Crippen LogP contribution in [0.15, 0.2) is 24.3 Å². The van der Waals surface area contributed by atoms with Gasteiger partial charge in [-0.25, -0.2) is 0 Å². The lowest BCUT2D eigenvalue weighted by atomic mass is 9.96. The van der Waals surface area contributed by atoms with Crippen LogP contribution in [0.25, 0.3) is 0 Å². The predicted molar refractivity (Wildman–Crippen MR) is 98.3 cm³/mol. The van der Waals surface area contributed by atoms with Crippen LogP contribution in [0.4, 0.5) is 0 Å². The lowest BCUT2D eigenvalue weighted by Gasteiger charge is -2.32. The molecule has 0 bridgehead atoms. The summed E-state index contributed by atoms with van der Waals surface area (Å²) >= 11 is 0. The summed E-state index contributed by atoms with van der Waals surface area (Å²) in [7, 11) is 0. The van der Waals surface area contributed by atoms with Crippen LogP contribution in [0.3, 0.4) is 0 Å². The van der Waals surface area contributed by atoms with E-state index in [4.69, 9.17) is 4.74 Å². The average molecular weight is 360 g/mol. The summed E-state index contributed by atoms with van der Waals surface area (Å²) < 4.78 is 5.09. The van der Waals surface area contributed by atoms with Crippen LogP contribution >= 0.6 is 0 Å². The fraction of sp³-hybridized carbons (Fsp3) is 0.550. The largest absolute Gasteiger partial charge is 0.466 e. The minimum absolute atomic E-state index is 0.0571. The van der Waals surface area contributed by atoms with Gasteiger partial charge in [0, 0.05) is 20.0 Å². The van der Waals surface area contributed by atoms with Gasteiger partial charge in [-0.05, 0) is 32.3 Å². The molecule has 26 heavy (non-hydrogen) atoms. The van der Waals surface area contributed by atoms with E-state index in [1.807, 2.05) is 31.2 Å². The van der Waals surface area contributed by atoms with E-state index in [1.54, 1.807) is 11.8 Å². The van der Waals surface area contributed by atoms with Crippen molar-refractivity contribution in [2.75, 3.05) is 19.7 Å². The Balaban J connectivity index is 2.04. The number of benzene rings is 1. The Kier molecular flexibility index (Phi) is 7.18. The number of nitrogens with one attached hydrogen (secondary N) is 1. The van der Waals surface area contributed by atoms with Crippen molar-refractivity contribution in [3.05, 3.63) is 35.4 Å². The van der Waals surface area contributed by atoms with Crippen molar-refractivity contribution in [3.8, 4) is 0 Å². The van der Waals surface area contributed by atoms with Crippen LogP contribution in [0, 0.1) is 12.8 Å². The van der Waals surface area contributed by atoms with Crippen molar-refractivity contribution >= 4 is 17.8 Å². The van der Waals surface area contributed by atoms with E-state index in [0.29, 0.717) is 19.7 Å². The summed E-state index contributed by atoms with van der Waals surface area (Å²) in [6.45, 7) is 6.59. The molecule has 0 aliphatic carbocycles. The van der Waals surface area contributed by atoms with Crippen LogP contribution in [0.1, 0.15) is 50.3 Å². The van der Waals surface area contributed by atoms with Gasteiger partial charge in [-0.1, -0.05) is 29.8 Å².